The number of hydrogen-bond donors (Lipinski definition) is 2. The first kappa shape index (κ1) is 31.9. The second-order valence-corrected chi connectivity index (χ2v) is 9.24. The van der Waals surface area contributed by atoms with E-state index in [1.807, 2.05) is 5.32 Å². The van der Waals surface area contributed by atoms with Crippen molar-refractivity contribution in [1.29, 1.82) is 0 Å². The number of hydrogen-bond acceptors (Lipinski definition) is 2. The summed E-state index contributed by atoms with van der Waals surface area (Å²) in [4.78, 5) is 12.4. The summed E-state index contributed by atoms with van der Waals surface area (Å²) in [6.07, 6.45) is -17.1. The summed E-state index contributed by atoms with van der Waals surface area (Å²) in [5, 5.41) is 4.38. The molecule has 1 amide bonds. The molecule has 2 N–H and O–H groups in total. The van der Waals surface area contributed by atoms with Crippen LogP contribution in [0.3, 0.4) is 0 Å². The van der Waals surface area contributed by atoms with Crippen molar-refractivity contribution in [2.24, 2.45) is 0 Å². The molecule has 0 bridgehead atoms. The fourth-order valence-corrected chi connectivity index (χ4v) is 3.72. The third-order valence-electron chi connectivity index (χ3n) is 5.02. The number of alkyl halides is 9. The van der Waals surface area contributed by atoms with Gasteiger partial charge in [-0.25, -0.2) is 4.39 Å². The van der Waals surface area contributed by atoms with Crippen LogP contribution in [0.25, 0.3) is 5.83 Å². The maximum Gasteiger partial charge on any atom is 0.417 e. The zero-order chi connectivity index (χ0) is 29.1. The van der Waals surface area contributed by atoms with Crippen molar-refractivity contribution in [3.8, 4) is 0 Å². The van der Waals surface area contributed by atoms with Gasteiger partial charge in [0.2, 0.25) is 0 Å². The summed E-state index contributed by atoms with van der Waals surface area (Å²) in [6, 6.07) is 4.51. The lowest BCUT2D eigenvalue weighted by Gasteiger charge is -2.20. The molecule has 0 radical (unpaired) electrons. The zero-order valence-electron chi connectivity index (χ0n) is 19.1. The highest BCUT2D eigenvalue weighted by Crippen LogP contribution is 2.41. The standard InChI is InChI=1S/C23H18BrClF10N2O/c1-11(36-7-6-21(27,28)29)37-20(38)14-4-2-13(8-16(14)23(33,34)35)19(26)10-15(22(30,31)32)12-3-5-18(25)17(24)9-12/h2-5,8-11,15,36H,6-7H2,1H3,(H,37,38)/b19-10-/t11-,15?/m1/s1. The maximum atomic E-state index is 14.9. The molecule has 0 aromatic heterocycles. The van der Waals surface area contributed by atoms with Crippen LogP contribution < -0.4 is 10.6 Å². The molecule has 0 spiro atoms. The predicted octanol–water partition coefficient (Wildman–Crippen LogP) is 8.40. The Kier molecular flexibility index (Phi) is 10.3. The quantitative estimate of drug-likeness (QED) is 0.224. The highest BCUT2D eigenvalue weighted by Gasteiger charge is 2.41. The largest absolute Gasteiger partial charge is 0.417 e. The first-order valence-corrected chi connectivity index (χ1v) is 11.7. The van der Waals surface area contributed by atoms with Gasteiger partial charge in [-0.15, -0.1) is 0 Å². The predicted molar refractivity (Wildman–Crippen MR) is 124 cm³/mol. The fourth-order valence-electron chi connectivity index (χ4n) is 3.21. The molecule has 210 valence electrons. The summed E-state index contributed by atoms with van der Waals surface area (Å²) in [5.74, 6) is -5.53. The van der Waals surface area contributed by atoms with Crippen molar-refractivity contribution in [3.05, 3.63) is 74.2 Å². The Balaban J connectivity index is 2.38. The first-order chi connectivity index (χ1) is 17.3. The lowest BCUT2D eigenvalue weighted by atomic mass is 9.95. The SMILES string of the molecule is C[C@H](NCCC(F)(F)F)NC(=O)c1ccc(/C(F)=C/C(c2ccc(Cl)c(Br)c2)C(F)(F)F)cc1C(F)(F)F. The van der Waals surface area contributed by atoms with Crippen molar-refractivity contribution < 1.29 is 48.7 Å². The van der Waals surface area contributed by atoms with Gasteiger partial charge in [0, 0.05) is 16.6 Å². The van der Waals surface area contributed by atoms with Crippen molar-refractivity contribution >= 4 is 39.3 Å². The second kappa shape index (κ2) is 12.2. The molecule has 15 heteroatoms. The van der Waals surface area contributed by atoms with Gasteiger partial charge in [0.15, 0.2) is 0 Å². The van der Waals surface area contributed by atoms with Crippen molar-refractivity contribution in [1.82, 2.24) is 10.6 Å². The van der Waals surface area contributed by atoms with Gasteiger partial charge in [-0.1, -0.05) is 23.7 Å². The van der Waals surface area contributed by atoms with Crippen LogP contribution in [0.2, 0.25) is 5.02 Å². The summed E-state index contributed by atoms with van der Waals surface area (Å²) in [5.41, 5.74) is -3.99. The maximum absolute atomic E-state index is 14.9. The van der Waals surface area contributed by atoms with E-state index in [1.165, 1.54) is 6.92 Å². The average molecular weight is 644 g/mol. The number of carbonyl (C=O) groups is 1. The highest BCUT2D eigenvalue weighted by atomic mass is 79.9. The molecule has 1 unspecified atom stereocenters. The third-order valence-corrected chi connectivity index (χ3v) is 6.23. The van der Waals surface area contributed by atoms with Gasteiger partial charge < -0.3 is 5.32 Å². The summed E-state index contributed by atoms with van der Waals surface area (Å²) in [6.45, 7) is 0.557. The number of rotatable bonds is 8. The minimum atomic E-state index is -5.22. The molecule has 2 rings (SSSR count). The van der Waals surface area contributed by atoms with Crippen LogP contribution in [-0.4, -0.2) is 31.0 Å². The molecule has 0 fully saturated rings. The van der Waals surface area contributed by atoms with E-state index in [4.69, 9.17) is 11.6 Å². The van der Waals surface area contributed by atoms with Crippen LogP contribution in [0.1, 0.15) is 46.3 Å². The van der Waals surface area contributed by atoms with Crippen LogP contribution in [-0.2, 0) is 6.18 Å². The van der Waals surface area contributed by atoms with Gasteiger partial charge in [-0.2, -0.15) is 39.5 Å². The van der Waals surface area contributed by atoms with Gasteiger partial charge >= 0.3 is 18.5 Å². The molecule has 0 heterocycles. The summed E-state index contributed by atoms with van der Waals surface area (Å²) >= 11 is 8.72. The lowest BCUT2D eigenvalue weighted by molar-refractivity contribution is -0.140. The molecule has 3 nitrogen and oxygen atoms in total. The van der Waals surface area contributed by atoms with Crippen molar-refractivity contribution in [2.45, 2.75) is 44.0 Å². The van der Waals surface area contributed by atoms with E-state index in [9.17, 15) is 48.7 Å². The van der Waals surface area contributed by atoms with E-state index < -0.39 is 77.6 Å². The molecule has 0 aliphatic heterocycles. The number of benzene rings is 2. The monoisotopic (exact) mass is 642 g/mol. The molecular formula is C23H18BrClF10N2O. The summed E-state index contributed by atoms with van der Waals surface area (Å²) in [7, 11) is 0. The summed E-state index contributed by atoms with van der Waals surface area (Å²) < 4.78 is 134. The Morgan fingerprint density at radius 3 is 2.18 bits per heavy atom. The van der Waals surface area contributed by atoms with Gasteiger partial charge in [-0.3, -0.25) is 10.1 Å². The normalized spacial score (nSPS) is 14.8. The van der Waals surface area contributed by atoms with E-state index in [-0.39, 0.29) is 21.6 Å². The van der Waals surface area contributed by atoms with Crippen LogP contribution >= 0.6 is 27.5 Å². The first-order valence-electron chi connectivity index (χ1n) is 10.5. The zero-order valence-corrected chi connectivity index (χ0v) is 21.4. The van der Waals surface area contributed by atoms with E-state index >= 15 is 0 Å². The molecule has 2 atom stereocenters. The van der Waals surface area contributed by atoms with Crippen LogP contribution in [0.15, 0.2) is 46.9 Å². The van der Waals surface area contributed by atoms with Crippen LogP contribution in [0.4, 0.5) is 43.9 Å². The van der Waals surface area contributed by atoms with Crippen molar-refractivity contribution in [3.63, 3.8) is 0 Å². The Morgan fingerprint density at radius 1 is 1.03 bits per heavy atom. The van der Waals surface area contributed by atoms with Gasteiger partial charge in [-0.05, 0) is 58.8 Å². The Morgan fingerprint density at radius 2 is 1.66 bits per heavy atom. The van der Waals surface area contributed by atoms with Crippen molar-refractivity contribution in [2.75, 3.05) is 6.54 Å². The number of nitrogens with one attached hydrogen (secondary N) is 2. The number of halogens is 12. The van der Waals surface area contributed by atoms with Gasteiger partial charge in [0.25, 0.3) is 5.91 Å². The van der Waals surface area contributed by atoms with E-state index in [0.717, 1.165) is 18.2 Å². The molecule has 0 saturated carbocycles. The van der Waals surface area contributed by atoms with Gasteiger partial charge in [0.1, 0.15) is 11.7 Å². The number of amides is 1. The Hall–Kier alpha value is -2.32. The minimum Gasteiger partial charge on any atom is -0.337 e. The molecule has 0 aliphatic carbocycles. The molecular weight excluding hydrogens is 626 g/mol. The molecule has 0 saturated heterocycles. The molecule has 2 aromatic carbocycles. The smallest absolute Gasteiger partial charge is 0.337 e. The molecule has 38 heavy (non-hydrogen) atoms. The Bertz CT molecular complexity index is 1180. The minimum absolute atomic E-state index is 0.0766. The molecule has 2 aromatic rings. The van der Waals surface area contributed by atoms with Crippen LogP contribution in [0.5, 0.6) is 0 Å². The number of carbonyl (C=O) groups excluding carboxylic acids is 1. The lowest BCUT2D eigenvalue weighted by Crippen LogP contribution is -2.44. The number of allylic oxidation sites excluding steroid dienone is 1. The third kappa shape index (κ3) is 9.16. The van der Waals surface area contributed by atoms with E-state index in [1.54, 1.807) is 0 Å². The highest BCUT2D eigenvalue weighted by molar-refractivity contribution is 9.10. The van der Waals surface area contributed by atoms with Crippen LogP contribution in [0, 0.1) is 0 Å². The van der Waals surface area contributed by atoms with E-state index in [0.29, 0.717) is 12.1 Å². The fraction of sp³-hybridized carbons (Fsp3) is 0.348. The topological polar surface area (TPSA) is 41.1 Å². The molecule has 0 aliphatic rings. The second-order valence-electron chi connectivity index (χ2n) is 7.98. The van der Waals surface area contributed by atoms with E-state index in [2.05, 4.69) is 21.2 Å². The average Bonchev–Trinajstić information content (AvgIpc) is 2.76. The van der Waals surface area contributed by atoms with Gasteiger partial charge in [0.05, 0.1) is 28.7 Å². The Labute approximate surface area is 223 Å².